The van der Waals surface area contributed by atoms with Crippen molar-refractivity contribution in [1.29, 1.82) is 0 Å². The number of aliphatic hydroxyl groups excluding tert-OH is 1. The smallest absolute Gasteiger partial charge is 0.351 e. The van der Waals surface area contributed by atoms with Gasteiger partial charge in [0.25, 0.3) is 0 Å². The van der Waals surface area contributed by atoms with Crippen LogP contribution in [-0.4, -0.2) is 39.7 Å². The summed E-state index contributed by atoms with van der Waals surface area (Å²) in [5, 5.41) is 8.83. The van der Waals surface area contributed by atoms with Crippen molar-refractivity contribution in [2.75, 3.05) is 12.3 Å². The lowest BCUT2D eigenvalue weighted by Gasteiger charge is -2.16. The fourth-order valence-corrected chi connectivity index (χ4v) is 1.82. The van der Waals surface area contributed by atoms with Gasteiger partial charge in [-0.15, -0.1) is 0 Å². The summed E-state index contributed by atoms with van der Waals surface area (Å²) in [5.74, 6) is 0.0279. The Morgan fingerprint density at radius 3 is 2.78 bits per heavy atom. The SMILES string of the molecule is Cc1cn([C@@H]2O[C@H](CO)[C@@H](F)[C@@H]2F)c(=O)nc1N. The van der Waals surface area contributed by atoms with Crippen molar-refractivity contribution < 1.29 is 18.6 Å². The molecule has 1 aliphatic heterocycles. The van der Waals surface area contributed by atoms with Gasteiger partial charge in [0, 0.05) is 11.8 Å². The number of aliphatic hydroxyl groups is 1. The lowest BCUT2D eigenvalue weighted by Crippen LogP contribution is -2.32. The third-order valence-corrected chi connectivity index (χ3v) is 2.87. The molecule has 0 saturated carbocycles. The molecule has 1 saturated heterocycles. The summed E-state index contributed by atoms with van der Waals surface area (Å²) in [4.78, 5) is 15.0. The van der Waals surface area contributed by atoms with E-state index in [0.29, 0.717) is 5.56 Å². The molecule has 100 valence electrons. The highest BCUT2D eigenvalue weighted by molar-refractivity contribution is 5.35. The molecule has 2 heterocycles. The summed E-state index contributed by atoms with van der Waals surface area (Å²) in [5.41, 5.74) is 5.06. The van der Waals surface area contributed by atoms with Gasteiger partial charge in [0.05, 0.1) is 6.61 Å². The molecule has 1 aromatic heterocycles. The van der Waals surface area contributed by atoms with Gasteiger partial charge in [-0.05, 0) is 6.92 Å². The van der Waals surface area contributed by atoms with Crippen LogP contribution in [0.25, 0.3) is 0 Å². The Labute approximate surface area is 101 Å². The average Bonchev–Trinajstić information content (AvgIpc) is 2.61. The molecule has 1 aromatic rings. The van der Waals surface area contributed by atoms with Crippen molar-refractivity contribution in [2.45, 2.75) is 31.6 Å². The molecule has 2 rings (SSSR count). The highest BCUT2D eigenvalue weighted by Gasteiger charge is 2.46. The summed E-state index contributed by atoms with van der Waals surface area (Å²) in [6.45, 7) is 0.922. The van der Waals surface area contributed by atoms with Gasteiger partial charge in [0.1, 0.15) is 11.9 Å². The number of alkyl halides is 2. The number of aromatic nitrogens is 2. The number of nitrogen functional groups attached to an aromatic ring is 1. The molecule has 0 aromatic carbocycles. The van der Waals surface area contributed by atoms with Crippen molar-refractivity contribution >= 4 is 5.82 Å². The summed E-state index contributed by atoms with van der Waals surface area (Å²) < 4.78 is 32.9. The average molecular weight is 261 g/mol. The predicted molar refractivity (Wildman–Crippen MR) is 58.4 cm³/mol. The van der Waals surface area contributed by atoms with Crippen molar-refractivity contribution in [2.24, 2.45) is 0 Å². The standard InChI is InChI=1S/C10H13F2N3O3/c1-4-2-15(10(17)14-8(4)13)9-7(12)6(11)5(3-16)18-9/h2,5-7,9,16H,3H2,1H3,(H2,13,14,17)/t5-,6-,7+,9-/m1/s1. The number of anilines is 1. The summed E-state index contributed by atoms with van der Waals surface area (Å²) in [6.07, 6.45) is -5.48. The Morgan fingerprint density at radius 1 is 1.56 bits per heavy atom. The van der Waals surface area contributed by atoms with Gasteiger partial charge in [-0.2, -0.15) is 4.98 Å². The third-order valence-electron chi connectivity index (χ3n) is 2.87. The number of hydrogen-bond donors (Lipinski definition) is 2. The second-order valence-electron chi connectivity index (χ2n) is 4.14. The van der Waals surface area contributed by atoms with Gasteiger partial charge in [-0.1, -0.05) is 0 Å². The number of nitrogens with two attached hydrogens (primary N) is 1. The van der Waals surface area contributed by atoms with Gasteiger partial charge < -0.3 is 15.6 Å². The van der Waals surface area contributed by atoms with Crippen molar-refractivity contribution in [3.8, 4) is 0 Å². The first kappa shape index (κ1) is 12.9. The number of aryl methyl sites for hydroxylation is 1. The van der Waals surface area contributed by atoms with Gasteiger partial charge in [-0.3, -0.25) is 4.57 Å². The number of halogens is 2. The van der Waals surface area contributed by atoms with E-state index in [0.717, 1.165) is 4.57 Å². The van der Waals surface area contributed by atoms with Gasteiger partial charge >= 0.3 is 5.69 Å². The van der Waals surface area contributed by atoms with E-state index in [1.807, 2.05) is 0 Å². The Hall–Kier alpha value is -1.54. The predicted octanol–water partition coefficient (Wildman–Crippen LogP) is -0.300. The van der Waals surface area contributed by atoms with Crippen LogP contribution in [0.1, 0.15) is 11.8 Å². The molecule has 0 bridgehead atoms. The van der Waals surface area contributed by atoms with E-state index < -0.39 is 37.0 Å². The molecular formula is C10H13F2N3O3. The van der Waals surface area contributed by atoms with E-state index in [4.69, 9.17) is 15.6 Å². The first-order valence-corrected chi connectivity index (χ1v) is 5.35. The highest BCUT2D eigenvalue weighted by atomic mass is 19.2. The van der Waals surface area contributed by atoms with E-state index in [9.17, 15) is 13.6 Å². The molecule has 1 fully saturated rings. The van der Waals surface area contributed by atoms with Gasteiger partial charge in [0.2, 0.25) is 0 Å². The molecule has 8 heteroatoms. The molecular weight excluding hydrogens is 248 g/mol. The molecule has 0 radical (unpaired) electrons. The maximum Gasteiger partial charge on any atom is 0.351 e. The topological polar surface area (TPSA) is 90.4 Å². The first-order chi connectivity index (χ1) is 8.45. The normalized spacial score (nSPS) is 31.8. The highest BCUT2D eigenvalue weighted by Crippen LogP contribution is 2.32. The minimum Gasteiger partial charge on any atom is -0.394 e. The molecule has 4 atom stereocenters. The largest absolute Gasteiger partial charge is 0.394 e. The van der Waals surface area contributed by atoms with E-state index in [2.05, 4.69) is 4.98 Å². The van der Waals surface area contributed by atoms with Crippen molar-refractivity contribution in [1.82, 2.24) is 9.55 Å². The second kappa shape index (κ2) is 4.62. The molecule has 0 unspecified atom stereocenters. The van der Waals surface area contributed by atoms with Crippen molar-refractivity contribution in [3.05, 3.63) is 22.2 Å². The number of hydrogen-bond acceptors (Lipinski definition) is 5. The molecule has 18 heavy (non-hydrogen) atoms. The number of nitrogens with zero attached hydrogens (tertiary/aromatic N) is 2. The molecule has 1 aliphatic rings. The van der Waals surface area contributed by atoms with Crippen LogP contribution in [0.4, 0.5) is 14.6 Å². The van der Waals surface area contributed by atoms with Crippen molar-refractivity contribution in [3.63, 3.8) is 0 Å². The van der Waals surface area contributed by atoms with E-state index in [-0.39, 0.29) is 5.82 Å². The van der Waals surface area contributed by atoms with Crippen LogP contribution < -0.4 is 11.4 Å². The zero-order valence-electron chi connectivity index (χ0n) is 9.59. The maximum absolute atomic E-state index is 13.7. The minimum atomic E-state index is -2.04. The van der Waals surface area contributed by atoms with Gasteiger partial charge in [0.15, 0.2) is 18.6 Å². The Morgan fingerprint density at radius 2 is 2.22 bits per heavy atom. The lowest BCUT2D eigenvalue weighted by molar-refractivity contribution is -0.0436. The van der Waals surface area contributed by atoms with Crippen LogP contribution in [-0.2, 0) is 4.74 Å². The Bertz CT molecular complexity index is 508. The zero-order valence-corrected chi connectivity index (χ0v) is 9.59. The van der Waals surface area contributed by atoms with Crippen LogP contribution in [0.15, 0.2) is 11.0 Å². The van der Waals surface area contributed by atoms with Crippen LogP contribution in [0.5, 0.6) is 0 Å². The van der Waals surface area contributed by atoms with Crippen LogP contribution in [0.3, 0.4) is 0 Å². The molecule has 0 amide bonds. The fraction of sp³-hybridized carbons (Fsp3) is 0.600. The monoisotopic (exact) mass is 261 g/mol. The third kappa shape index (κ3) is 1.97. The number of rotatable bonds is 2. The maximum atomic E-state index is 13.7. The number of ether oxygens (including phenoxy) is 1. The summed E-state index contributed by atoms with van der Waals surface area (Å²) in [7, 11) is 0. The molecule has 6 nitrogen and oxygen atoms in total. The van der Waals surface area contributed by atoms with E-state index in [1.54, 1.807) is 6.92 Å². The fourth-order valence-electron chi connectivity index (χ4n) is 1.82. The quantitative estimate of drug-likeness (QED) is 0.762. The first-order valence-electron chi connectivity index (χ1n) is 5.35. The van der Waals surface area contributed by atoms with Crippen LogP contribution in [0, 0.1) is 6.92 Å². The van der Waals surface area contributed by atoms with Crippen LogP contribution >= 0.6 is 0 Å². The zero-order chi connectivity index (χ0) is 13.4. The Balaban J connectivity index is 2.39. The molecule has 0 aliphatic carbocycles. The van der Waals surface area contributed by atoms with E-state index >= 15 is 0 Å². The Kier molecular flexibility index (Phi) is 3.31. The van der Waals surface area contributed by atoms with Crippen LogP contribution in [0.2, 0.25) is 0 Å². The second-order valence-corrected chi connectivity index (χ2v) is 4.14. The molecule has 3 N–H and O–H groups in total. The minimum absolute atomic E-state index is 0.0279. The van der Waals surface area contributed by atoms with Gasteiger partial charge in [-0.25, -0.2) is 13.6 Å². The van der Waals surface area contributed by atoms with E-state index in [1.165, 1.54) is 6.20 Å². The summed E-state index contributed by atoms with van der Waals surface area (Å²) in [6, 6.07) is 0. The summed E-state index contributed by atoms with van der Waals surface area (Å²) >= 11 is 0. The lowest BCUT2D eigenvalue weighted by atomic mass is 10.2. The molecule has 0 spiro atoms.